The predicted molar refractivity (Wildman–Crippen MR) is 145 cm³/mol. The third-order valence-corrected chi connectivity index (χ3v) is 8.40. The summed E-state index contributed by atoms with van der Waals surface area (Å²) in [5.41, 5.74) is 2.07. The average Bonchev–Trinajstić information content (AvgIpc) is 2.87. The third kappa shape index (κ3) is 6.37. The number of aryl methyl sites for hydroxylation is 1. The highest BCUT2D eigenvalue weighted by atomic mass is 35.5. The molecule has 40 heavy (non-hydrogen) atoms. The van der Waals surface area contributed by atoms with Gasteiger partial charge in [0.15, 0.2) is 0 Å². The summed E-state index contributed by atoms with van der Waals surface area (Å²) in [4.78, 5) is 10.9. The van der Waals surface area contributed by atoms with Crippen molar-refractivity contribution in [2.75, 3.05) is 10.8 Å². The summed E-state index contributed by atoms with van der Waals surface area (Å²) in [7, 11) is -4.35. The minimum atomic E-state index is -4.35. The van der Waals surface area contributed by atoms with E-state index in [0.29, 0.717) is 16.7 Å². The minimum Gasteiger partial charge on any atom is -0.486 e. The molecule has 0 saturated heterocycles. The first kappa shape index (κ1) is 29.3. The van der Waals surface area contributed by atoms with Crippen LogP contribution >= 0.6 is 11.6 Å². The smallest absolute Gasteiger partial charge is 0.387 e. The molecule has 1 aliphatic rings. The molecule has 212 valence electrons. The molecule has 0 spiro atoms. The van der Waals surface area contributed by atoms with Gasteiger partial charge in [0.1, 0.15) is 23.4 Å². The zero-order chi connectivity index (χ0) is 29.2. The van der Waals surface area contributed by atoms with Crippen LogP contribution < -0.4 is 13.8 Å². The van der Waals surface area contributed by atoms with E-state index >= 15 is 0 Å². The summed E-state index contributed by atoms with van der Waals surface area (Å²) >= 11 is 6.22. The van der Waals surface area contributed by atoms with Gasteiger partial charge in [-0.05, 0) is 73.4 Å². The Hall–Kier alpha value is -3.70. The molecular weight excluding hydrogens is 571 g/mol. The van der Waals surface area contributed by atoms with Gasteiger partial charge < -0.3 is 14.6 Å². The van der Waals surface area contributed by atoms with Gasteiger partial charge in [-0.2, -0.15) is 8.78 Å². The van der Waals surface area contributed by atoms with Crippen molar-refractivity contribution in [3.8, 4) is 11.5 Å². The zero-order valence-corrected chi connectivity index (χ0v) is 23.0. The lowest BCUT2D eigenvalue weighted by atomic mass is 9.99. The number of carboxylic acid groups (broad SMARTS) is 1. The van der Waals surface area contributed by atoms with Gasteiger partial charge in [-0.15, -0.1) is 0 Å². The Balaban J connectivity index is 1.82. The number of nitrogens with zero attached hydrogens (tertiary/aromatic N) is 1. The molecule has 7 nitrogen and oxygen atoms in total. The number of sulfonamides is 1. The van der Waals surface area contributed by atoms with E-state index in [2.05, 4.69) is 4.74 Å². The topological polar surface area (TPSA) is 93.1 Å². The summed E-state index contributed by atoms with van der Waals surface area (Å²) < 4.78 is 79.2. The Morgan fingerprint density at radius 3 is 2.62 bits per heavy atom. The van der Waals surface area contributed by atoms with E-state index in [-0.39, 0.29) is 52.1 Å². The summed E-state index contributed by atoms with van der Waals surface area (Å²) in [6, 6.07) is 12.2. The molecule has 0 amide bonds. The van der Waals surface area contributed by atoms with Crippen molar-refractivity contribution in [3.63, 3.8) is 0 Å². The van der Waals surface area contributed by atoms with Crippen LogP contribution in [0.15, 0.2) is 59.5 Å². The molecule has 1 atom stereocenters. The molecule has 1 N–H and O–H groups in total. The lowest BCUT2D eigenvalue weighted by Gasteiger charge is -2.36. The van der Waals surface area contributed by atoms with Gasteiger partial charge in [0.2, 0.25) is 0 Å². The number of alkyl halides is 2. The first-order chi connectivity index (χ1) is 18.9. The fourth-order valence-electron chi connectivity index (χ4n) is 4.41. The molecule has 3 aromatic carbocycles. The molecule has 0 aliphatic carbocycles. The van der Waals surface area contributed by atoms with E-state index in [1.165, 1.54) is 30.3 Å². The zero-order valence-electron chi connectivity index (χ0n) is 21.4. The van der Waals surface area contributed by atoms with Gasteiger partial charge >= 0.3 is 12.6 Å². The number of benzene rings is 3. The van der Waals surface area contributed by atoms with E-state index in [9.17, 15) is 26.4 Å². The Bertz CT molecular complexity index is 1560. The predicted octanol–water partition coefficient (Wildman–Crippen LogP) is 6.77. The van der Waals surface area contributed by atoms with E-state index in [1.807, 2.05) is 0 Å². The molecule has 0 saturated carbocycles. The van der Waals surface area contributed by atoms with Crippen LogP contribution in [0.3, 0.4) is 0 Å². The number of anilines is 1. The Morgan fingerprint density at radius 2 is 1.95 bits per heavy atom. The first-order valence-corrected chi connectivity index (χ1v) is 13.9. The van der Waals surface area contributed by atoms with Gasteiger partial charge in [-0.1, -0.05) is 29.8 Å². The quantitative estimate of drug-likeness (QED) is 0.274. The van der Waals surface area contributed by atoms with Crippen molar-refractivity contribution in [3.05, 3.63) is 82.1 Å². The average molecular weight is 596 g/mol. The van der Waals surface area contributed by atoms with Crippen LogP contribution in [0.4, 0.5) is 18.9 Å². The highest BCUT2D eigenvalue weighted by Gasteiger charge is 2.35. The number of rotatable bonds is 9. The van der Waals surface area contributed by atoms with Crippen molar-refractivity contribution < 1.29 is 41.0 Å². The van der Waals surface area contributed by atoms with Crippen LogP contribution in [0.5, 0.6) is 11.5 Å². The summed E-state index contributed by atoms with van der Waals surface area (Å²) in [6.45, 7) is 0.0552. The summed E-state index contributed by atoms with van der Waals surface area (Å²) in [6.07, 6.45) is 0.645. The maximum atomic E-state index is 14.5. The number of carboxylic acids is 1. The second-order valence-corrected chi connectivity index (χ2v) is 11.4. The highest BCUT2D eigenvalue weighted by molar-refractivity contribution is 7.92. The molecule has 1 aliphatic heterocycles. The second kappa shape index (κ2) is 11.8. The molecule has 0 unspecified atom stereocenters. The second-order valence-electron chi connectivity index (χ2n) is 9.16. The van der Waals surface area contributed by atoms with Crippen molar-refractivity contribution in [2.45, 2.75) is 44.3 Å². The molecule has 12 heteroatoms. The molecule has 0 fully saturated rings. The van der Waals surface area contributed by atoms with Crippen molar-refractivity contribution in [2.24, 2.45) is 0 Å². The maximum absolute atomic E-state index is 14.5. The van der Waals surface area contributed by atoms with E-state index < -0.39 is 34.5 Å². The van der Waals surface area contributed by atoms with Gasteiger partial charge in [-0.3, -0.25) is 9.10 Å². The number of hydrogen-bond donors (Lipinski definition) is 1. The first-order valence-electron chi connectivity index (χ1n) is 12.1. The number of hydrogen-bond acceptors (Lipinski definition) is 5. The minimum absolute atomic E-state index is 0.0287. The van der Waals surface area contributed by atoms with Crippen LogP contribution in [0.1, 0.15) is 36.5 Å². The van der Waals surface area contributed by atoms with Crippen LogP contribution in [0.2, 0.25) is 5.02 Å². The Kier molecular flexibility index (Phi) is 8.65. The van der Waals surface area contributed by atoms with Crippen LogP contribution in [-0.2, 0) is 14.8 Å². The molecule has 0 aromatic heterocycles. The monoisotopic (exact) mass is 595 g/mol. The SMILES string of the molecule is C/C(=C\c1cc2c(cc1C)O[C@@H](CCC(=O)O)CN2S(=O)(=O)c1cccc(OC(F)F)c1)c1c(F)cccc1Cl. The van der Waals surface area contributed by atoms with Gasteiger partial charge in [0.25, 0.3) is 10.0 Å². The maximum Gasteiger partial charge on any atom is 0.387 e. The number of aliphatic carboxylic acids is 1. The number of halogens is 4. The van der Waals surface area contributed by atoms with Crippen molar-refractivity contribution in [1.82, 2.24) is 0 Å². The van der Waals surface area contributed by atoms with E-state index in [4.69, 9.17) is 21.4 Å². The van der Waals surface area contributed by atoms with Crippen LogP contribution in [0, 0.1) is 12.7 Å². The number of carbonyl (C=O) groups is 1. The molecular formula is C28H25ClF3NO6S. The molecule has 3 aromatic rings. The fraction of sp³-hybridized carbons (Fsp3) is 0.250. The summed E-state index contributed by atoms with van der Waals surface area (Å²) in [5.74, 6) is -1.73. The molecule has 0 radical (unpaired) electrons. The van der Waals surface area contributed by atoms with Crippen LogP contribution in [-0.4, -0.2) is 38.8 Å². The number of fused-ring (bicyclic) bond motifs is 1. The van der Waals surface area contributed by atoms with Crippen molar-refractivity contribution in [1.29, 1.82) is 0 Å². The number of ether oxygens (including phenoxy) is 2. The van der Waals surface area contributed by atoms with E-state index in [0.717, 1.165) is 10.4 Å². The van der Waals surface area contributed by atoms with Gasteiger partial charge in [0.05, 0.1) is 22.2 Å². The van der Waals surface area contributed by atoms with E-state index in [1.54, 1.807) is 38.1 Å². The van der Waals surface area contributed by atoms with Gasteiger partial charge in [0, 0.05) is 18.1 Å². The highest BCUT2D eigenvalue weighted by Crippen LogP contribution is 2.41. The molecule has 4 rings (SSSR count). The largest absolute Gasteiger partial charge is 0.486 e. The lowest BCUT2D eigenvalue weighted by Crippen LogP contribution is -2.43. The van der Waals surface area contributed by atoms with Gasteiger partial charge in [-0.25, -0.2) is 12.8 Å². The molecule has 1 heterocycles. The normalized spacial score (nSPS) is 15.5. The molecule has 0 bridgehead atoms. The van der Waals surface area contributed by atoms with Crippen molar-refractivity contribution >= 4 is 44.9 Å². The fourth-order valence-corrected chi connectivity index (χ4v) is 6.26. The van der Waals surface area contributed by atoms with Crippen LogP contribution in [0.25, 0.3) is 11.6 Å². The Morgan fingerprint density at radius 1 is 1.23 bits per heavy atom. The summed E-state index contributed by atoms with van der Waals surface area (Å²) in [5, 5.41) is 9.35. The third-order valence-electron chi connectivity index (χ3n) is 6.31. The number of allylic oxidation sites excluding steroid dienone is 1. The Labute approximate surface area is 234 Å². The lowest BCUT2D eigenvalue weighted by molar-refractivity contribution is -0.137. The standard InChI is InChI=1S/C28H25ClF3NO6S/c1-16-12-25-24(13-18(16)11-17(2)27-22(29)7-4-8-23(27)30)33(15-20(38-25)9-10-26(34)35)40(36,37)21-6-3-5-19(14-21)39-28(31)32/h3-8,11-14,20,28H,9-10,15H2,1-2H3,(H,34,35)/b17-11+/t20-/m0/s1.